The molecule has 0 saturated heterocycles. The zero-order chi connectivity index (χ0) is 24.3. The predicted octanol–water partition coefficient (Wildman–Crippen LogP) is 4.08. The summed E-state index contributed by atoms with van der Waals surface area (Å²) in [5.74, 6) is -0.684. The van der Waals surface area contributed by atoms with Crippen molar-refractivity contribution < 1.29 is 18.0 Å². The van der Waals surface area contributed by atoms with Crippen molar-refractivity contribution in [2.75, 3.05) is 5.32 Å². The third kappa shape index (κ3) is 5.09. The van der Waals surface area contributed by atoms with Crippen LogP contribution in [-0.4, -0.2) is 36.6 Å². The molecule has 0 bridgehead atoms. The molecule has 4 rings (SSSR count). The number of H-pyrrole nitrogens is 1. The lowest BCUT2D eigenvalue weighted by Gasteiger charge is -2.32. The molecule has 8 nitrogen and oxygen atoms in total. The molecule has 0 spiro atoms. The van der Waals surface area contributed by atoms with Crippen molar-refractivity contribution in [2.24, 2.45) is 0 Å². The highest BCUT2D eigenvalue weighted by Gasteiger charge is 2.38. The number of carbonyl (C=O) groups is 1. The first kappa shape index (κ1) is 23.4. The van der Waals surface area contributed by atoms with Crippen molar-refractivity contribution in [3.05, 3.63) is 71.7 Å². The van der Waals surface area contributed by atoms with Crippen LogP contribution in [0.1, 0.15) is 31.7 Å². The molecular weight excluding hydrogens is 447 g/mol. The Morgan fingerprint density at radius 2 is 2.03 bits per heavy atom. The summed E-state index contributed by atoms with van der Waals surface area (Å²) in [5.41, 5.74) is 0.487. The first-order valence-corrected chi connectivity index (χ1v) is 10.6. The minimum atomic E-state index is -4.72. The molecule has 2 heterocycles. The summed E-state index contributed by atoms with van der Waals surface area (Å²) in [5, 5.41) is 19.6. The van der Waals surface area contributed by atoms with Crippen LogP contribution in [0.3, 0.4) is 0 Å². The first-order valence-electron chi connectivity index (χ1n) is 10.6. The Balaban J connectivity index is 1.45. The maximum absolute atomic E-state index is 13.5. The molecule has 1 atom stereocenters. The average molecular weight is 471 g/mol. The highest BCUT2D eigenvalue weighted by Crippen LogP contribution is 2.38. The van der Waals surface area contributed by atoms with Crippen molar-refractivity contribution in [1.29, 1.82) is 0 Å². The molecule has 34 heavy (non-hydrogen) atoms. The van der Waals surface area contributed by atoms with Crippen molar-refractivity contribution in [3.63, 3.8) is 0 Å². The van der Waals surface area contributed by atoms with Gasteiger partial charge in [0.1, 0.15) is 12.2 Å². The van der Waals surface area contributed by atoms with Gasteiger partial charge in [0.15, 0.2) is 5.69 Å². The Morgan fingerprint density at radius 3 is 2.74 bits per heavy atom. The van der Waals surface area contributed by atoms with Crippen LogP contribution in [0.2, 0.25) is 0 Å². The molecule has 11 heteroatoms. The number of allylic oxidation sites excluding steroid dienone is 2. The van der Waals surface area contributed by atoms with Gasteiger partial charge in [-0.15, -0.1) is 5.10 Å². The van der Waals surface area contributed by atoms with E-state index in [2.05, 4.69) is 39.0 Å². The second-order valence-corrected chi connectivity index (χ2v) is 8.31. The molecule has 1 aliphatic rings. The fraction of sp³-hybridized carbons (Fsp3) is 0.304. The fourth-order valence-corrected chi connectivity index (χ4v) is 3.65. The number of aromatic amines is 1. The van der Waals surface area contributed by atoms with E-state index >= 15 is 0 Å². The maximum atomic E-state index is 13.5. The molecule has 1 aliphatic carbocycles. The minimum absolute atomic E-state index is 0.00274. The van der Waals surface area contributed by atoms with Gasteiger partial charge in [-0.25, -0.2) is 4.68 Å². The maximum Gasteiger partial charge on any atom is 0.434 e. The second kappa shape index (κ2) is 9.26. The number of amides is 1. The summed E-state index contributed by atoms with van der Waals surface area (Å²) in [6, 6.07) is 8.31. The van der Waals surface area contributed by atoms with Gasteiger partial charge in [-0.1, -0.05) is 59.3 Å². The van der Waals surface area contributed by atoms with Crippen molar-refractivity contribution >= 4 is 11.6 Å². The quantitative estimate of drug-likeness (QED) is 0.482. The number of anilines is 1. The van der Waals surface area contributed by atoms with Crippen LogP contribution in [0.5, 0.6) is 0 Å². The lowest BCUT2D eigenvalue weighted by atomic mass is 9.86. The normalized spacial score (nSPS) is 18.1. The van der Waals surface area contributed by atoms with Crippen molar-refractivity contribution in [1.82, 2.24) is 30.5 Å². The number of halogens is 3. The van der Waals surface area contributed by atoms with Gasteiger partial charge < -0.3 is 10.6 Å². The Morgan fingerprint density at radius 1 is 1.26 bits per heavy atom. The third-order valence-corrected chi connectivity index (χ3v) is 5.79. The highest BCUT2D eigenvalue weighted by atomic mass is 19.4. The van der Waals surface area contributed by atoms with E-state index in [9.17, 15) is 18.0 Å². The summed E-state index contributed by atoms with van der Waals surface area (Å²) < 4.78 is 41.8. The lowest BCUT2D eigenvalue weighted by molar-refractivity contribution is -0.140. The summed E-state index contributed by atoms with van der Waals surface area (Å²) >= 11 is 0. The van der Waals surface area contributed by atoms with E-state index in [0.717, 1.165) is 6.42 Å². The van der Waals surface area contributed by atoms with E-state index in [-0.39, 0.29) is 17.8 Å². The van der Waals surface area contributed by atoms with Gasteiger partial charge in [-0.3, -0.25) is 9.89 Å². The SMILES string of the molecule is CC1=CC=CCC1(C)NCc1cn(CC(=O)Nc2c(-c3ccccc3)n[nH]c2C(F)(F)F)nn1. The van der Waals surface area contributed by atoms with E-state index in [0.29, 0.717) is 17.8 Å². The number of nitrogens with zero attached hydrogens (tertiary/aromatic N) is 4. The summed E-state index contributed by atoms with van der Waals surface area (Å²) in [6.07, 6.45) is 3.85. The number of nitrogens with one attached hydrogen (secondary N) is 3. The standard InChI is InChI=1S/C23H24F3N7O/c1-15-8-6-7-11-22(15,2)27-12-17-13-33(32-29-17)14-18(34)28-20-19(16-9-4-3-5-10-16)30-31-21(20)23(24,25)26/h3-10,13,27H,11-12,14H2,1-2H3,(H,28,34)(H,30,31). The number of aromatic nitrogens is 5. The number of rotatable bonds is 7. The Hall–Kier alpha value is -3.73. The van der Waals surface area contributed by atoms with E-state index < -0.39 is 23.5 Å². The average Bonchev–Trinajstić information content (AvgIpc) is 3.42. The van der Waals surface area contributed by atoms with Crippen LogP contribution in [0.25, 0.3) is 11.3 Å². The molecule has 3 aromatic rings. The lowest BCUT2D eigenvalue weighted by Crippen LogP contribution is -2.43. The molecule has 2 aromatic heterocycles. The molecule has 0 aliphatic heterocycles. The fourth-order valence-electron chi connectivity index (χ4n) is 3.65. The summed E-state index contributed by atoms with van der Waals surface area (Å²) in [7, 11) is 0. The van der Waals surface area contributed by atoms with E-state index in [4.69, 9.17) is 0 Å². The largest absolute Gasteiger partial charge is 0.434 e. The van der Waals surface area contributed by atoms with E-state index in [1.54, 1.807) is 36.5 Å². The van der Waals surface area contributed by atoms with Crippen LogP contribution >= 0.6 is 0 Å². The number of alkyl halides is 3. The van der Waals surface area contributed by atoms with Gasteiger partial charge in [0, 0.05) is 17.6 Å². The van der Waals surface area contributed by atoms with E-state index in [1.165, 1.54) is 10.3 Å². The van der Waals surface area contributed by atoms with Crippen LogP contribution in [0.15, 0.2) is 60.3 Å². The highest BCUT2D eigenvalue weighted by molar-refractivity contribution is 5.95. The summed E-state index contributed by atoms with van der Waals surface area (Å²) in [4.78, 5) is 12.6. The molecule has 0 radical (unpaired) electrons. The monoisotopic (exact) mass is 471 g/mol. The van der Waals surface area contributed by atoms with Gasteiger partial charge in [-0.05, 0) is 20.3 Å². The van der Waals surface area contributed by atoms with Crippen molar-refractivity contribution in [3.8, 4) is 11.3 Å². The molecular formula is C23H24F3N7O. The van der Waals surface area contributed by atoms with Crippen LogP contribution < -0.4 is 10.6 Å². The van der Waals surface area contributed by atoms with Gasteiger partial charge >= 0.3 is 6.18 Å². The zero-order valence-corrected chi connectivity index (χ0v) is 18.6. The molecule has 178 valence electrons. The molecule has 0 fully saturated rings. The molecule has 3 N–H and O–H groups in total. The first-order chi connectivity index (χ1) is 16.2. The number of hydrogen-bond donors (Lipinski definition) is 3. The van der Waals surface area contributed by atoms with Gasteiger partial charge in [0.25, 0.3) is 0 Å². The Bertz CT molecular complexity index is 1230. The van der Waals surface area contributed by atoms with Crippen LogP contribution in [0, 0.1) is 0 Å². The smallest absolute Gasteiger partial charge is 0.321 e. The number of hydrogen-bond acceptors (Lipinski definition) is 5. The molecule has 1 aromatic carbocycles. The van der Waals surface area contributed by atoms with Crippen molar-refractivity contribution in [2.45, 2.75) is 45.1 Å². The Kier molecular flexibility index (Phi) is 6.38. The number of benzene rings is 1. The zero-order valence-electron chi connectivity index (χ0n) is 18.6. The van der Waals surface area contributed by atoms with Gasteiger partial charge in [-0.2, -0.15) is 18.3 Å². The van der Waals surface area contributed by atoms with E-state index in [1.807, 2.05) is 24.2 Å². The third-order valence-electron chi connectivity index (χ3n) is 5.79. The van der Waals surface area contributed by atoms with Gasteiger partial charge in [0.2, 0.25) is 5.91 Å². The second-order valence-electron chi connectivity index (χ2n) is 8.31. The van der Waals surface area contributed by atoms with Crippen LogP contribution in [0.4, 0.5) is 18.9 Å². The minimum Gasteiger partial charge on any atom is -0.321 e. The topological polar surface area (TPSA) is 101 Å². The Labute approximate surface area is 193 Å². The molecule has 0 saturated carbocycles. The van der Waals surface area contributed by atoms with Gasteiger partial charge in [0.05, 0.1) is 17.6 Å². The molecule has 1 amide bonds. The molecule has 1 unspecified atom stereocenters. The van der Waals surface area contributed by atoms with Crippen LogP contribution in [-0.2, 0) is 24.1 Å². The number of carbonyl (C=O) groups excluding carboxylic acids is 1. The summed E-state index contributed by atoms with van der Waals surface area (Å²) in [6.45, 7) is 4.26. The predicted molar refractivity (Wildman–Crippen MR) is 120 cm³/mol.